The summed E-state index contributed by atoms with van der Waals surface area (Å²) in [7, 11) is -3.63. The molecule has 0 unspecified atom stereocenters. The van der Waals surface area contributed by atoms with E-state index >= 15 is 0 Å². The minimum absolute atomic E-state index is 1.26. The molecule has 0 aromatic heterocycles. The Balaban J connectivity index is 0.000000218. The van der Waals surface area contributed by atoms with Gasteiger partial charge < -0.3 is 14.4 Å². The molecule has 1 rings (SSSR count). The summed E-state index contributed by atoms with van der Waals surface area (Å²) < 4.78 is 9.97. The van der Waals surface area contributed by atoms with E-state index in [-0.39, 0.29) is 0 Å². The standard InChI is InChI=1S/C6H5.H3O3P.Zn/c1-2-4-6-5-3-1;1-4(2)3;/h1-5H;4H,(H2,1,2,3);/q;;+2/p-2. The molecule has 0 spiro atoms. The summed E-state index contributed by atoms with van der Waals surface area (Å²) in [6.07, 6.45) is 0. The Morgan fingerprint density at radius 2 is 1.55 bits per heavy atom. The van der Waals surface area contributed by atoms with Crippen molar-refractivity contribution in [3.63, 3.8) is 0 Å². The molecule has 0 amide bonds. The van der Waals surface area contributed by atoms with Gasteiger partial charge in [0.15, 0.2) is 0 Å². The van der Waals surface area contributed by atoms with Crippen molar-refractivity contribution in [1.29, 1.82) is 0 Å². The maximum absolute atomic E-state index is 8.52. The van der Waals surface area contributed by atoms with Gasteiger partial charge in [0.2, 0.25) is 0 Å². The first kappa shape index (κ1) is 11.0. The average molecular weight is 222 g/mol. The van der Waals surface area contributed by atoms with Gasteiger partial charge in [-0.05, 0) is 0 Å². The number of hydrogen-bond donors (Lipinski definition) is 0. The SMILES string of the molecule is O=[PH]([O-])[O-].[Zn+2][c]1ccccc1. The molecular weight excluding hydrogens is 216 g/mol. The molecule has 0 aliphatic rings. The second-order valence-corrected chi connectivity index (χ2v) is 3.95. The van der Waals surface area contributed by atoms with Crippen LogP contribution in [0, 0.1) is 0 Å². The molecule has 0 bridgehead atoms. The molecule has 3 nitrogen and oxygen atoms in total. The van der Waals surface area contributed by atoms with Crippen LogP contribution in [0.1, 0.15) is 0 Å². The Morgan fingerprint density at radius 1 is 1.18 bits per heavy atom. The minimum atomic E-state index is -3.63. The van der Waals surface area contributed by atoms with Crippen LogP contribution in [0.5, 0.6) is 0 Å². The van der Waals surface area contributed by atoms with Crippen molar-refractivity contribution < 1.29 is 32.7 Å². The van der Waals surface area contributed by atoms with Crippen molar-refractivity contribution in [2.75, 3.05) is 0 Å². The first-order valence-corrected chi connectivity index (χ1v) is 5.58. The van der Waals surface area contributed by atoms with E-state index in [0.29, 0.717) is 0 Å². The average Bonchev–Trinajstić information content (AvgIpc) is 1.87. The molecule has 0 saturated heterocycles. The molecule has 11 heavy (non-hydrogen) atoms. The van der Waals surface area contributed by atoms with Gasteiger partial charge in [-0.2, -0.15) is 0 Å². The molecule has 1 aromatic rings. The van der Waals surface area contributed by atoms with E-state index in [1.54, 1.807) is 0 Å². The summed E-state index contributed by atoms with van der Waals surface area (Å²) in [5.74, 6) is 0. The van der Waals surface area contributed by atoms with Crippen LogP contribution < -0.4 is 13.9 Å². The normalized spacial score (nSPS) is 8.82. The van der Waals surface area contributed by atoms with Crippen LogP contribution in [0.2, 0.25) is 0 Å². The Labute approximate surface area is 75.7 Å². The predicted octanol–water partition coefficient (Wildman–Crippen LogP) is -1.04. The molecule has 0 heterocycles. The first-order valence-electron chi connectivity index (χ1n) is 2.88. The molecule has 0 aliphatic heterocycles. The molecule has 5 heteroatoms. The molecule has 0 radical (unpaired) electrons. The van der Waals surface area contributed by atoms with Crippen LogP contribution >= 0.6 is 8.25 Å². The quantitative estimate of drug-likeness (QED) is 0.416. The van der Waals surface area contributed by atoms with Crippen molar-refractivity contribution in [3.8, 4) is 0 Å². The van der Waals surface area contributed by atoms with Gasteiger partial charge in [-0.3, -0.25) is 0 Å². The van der Waals surface area contributed by atoms with E-state index in [1.807, 2.05) is 6.07 Å². The summed E-state index contributed by atoms with van der Waals surface area (Å²) in [6, 6.07) is 10.5. The fourth-order valence-corrected chi connectivity index (χ4v) is 1.05. The second kappa shape index (κ2) is 6.69. The summed E-state index contributed by atoms with van der Waals surface area (Å²) in [5.41, 5.74) is 0. The molecule has 0 saturated carbocycles. The molecule has 0 fully saturated rings. The van der Waals surface area contributed by atoms with Crippen molar-refractivity contribution in [1.82, 2.24) is 0 Å². The Morgan fingerprint density at radius 3 is 1.73 bits per heavy atom. The fraction of sp³-hybridized carbons (Fsp3) is 0. The first-order chi connectivity index (χ1) is 5.13. The van der Waals surface area contributed by atoms with Gasteiger partial charge in [0.05, 0.1) is 0 Å². The van der Waals surface area contributed by atoms with Crippen molar-refractivity contribution in [2.24, 2.45) is 0 Å². The van der Waals surface area contributed by atoms with Gasteiger partial charge in [0.1, 0.15) is 0 Å². The third-order valence-electron chi connectivity index (χ3n) is 0.843. The second-order valence-electron chi connectivity index (χ2n) is 1.74. The van der Waals surface area contributed by atoms with Crippen LogP contribution in [0.25, 0.3) is 0 Å². The van der Waals surface area contributed by atoms with Crippen LogP contribution in [0.4, 0.5) is 0 Å². The topological polar surface area (TPSA) is 63.2 Å². The number of hydrogen-bond acceptors (Lipinski definition) is 3. The molecule has 0 N–H and O–H groups in total. The van der Waals surface area contributed by atoms with Gasteiger partial charge >= 0.3 is 52.8 Å². The van der Waals surface area contributed by atoms with E-state index in [0.717, 1.165) is 0 Å². The van der Waals surface area contributed by atoms with E-state index in [4.69, 9.17) is 14.4 Å². The van der Waals surface area contributed by atoms with Crippen LogP contribution in [0.15, 0.2) is 30.3 Å². The Bertz CT molecular complexity index is 210. The number of benzene rings is 1. The van der Waals surface area contributed by atoms with E-state index in [1.165, 1.54) is 22.5 Å². The molecule has 0 atom stereocenters. The Hall–Kier alpha value is -0.00662. The third kappa shape index (κ3) is 9.99. The van der Waals surface area contributed by atoms with Gasteiger partial charge in [0.25, 0.3) is 0 Å². The monoisotopic (exact) mass is 221 g/mol. The van der Waals surface area contributed by atoms with E-state index in [2.05, 4.69) is 24.3 Å². The zero-order valence-electron chi connectivity index (χ0n) is 5.82. The van der Waals surface area contributed by atoms with Crippen LogP contribution in [0.3, 0.4) is 0 Å². The maximum atomic E-state index is 8.52. The van der Waals surface area contributed by atoms with Gasteiger partial charge in [-0.1, -0.05) is 8.25 Å². The summed E-state index contributed by atoms with van der Waals surface area (Å²) in [4.78, 5) is 17.0. The van der Waals surface area contributed by atoms with Gasteiger partial charge in [-0.15, -0.1) is 0 Å². The van der Waals surface area contributed by atoms with E-state index < -0.39 is 8.25 Å². The molecule has 1 aromatic carbocycles. The summed E-state index contributed by atoms with van der Waals surface area (Å²) >= 11 is 1.26. The van der Waals surface area contributed by atoms with Crippen LogP contribution in [-0.2, 0) is 22.9 Å². The predicted molar refractivity (Wildman–Crippen MR) is 35.1 cm³/mol. The van der Waals surface area contributed by atoms with Crippen LogP contribution in [-0.4, -0.2) is 0 Å². The number of rotatable bonds is 0. The summed E-state index contributed by atoms with van der Waals surface area (Å²) in [5, 5.41) is 0. The van der Waals surface area contributed by atoms with Crippen molar-refractivity contribution in [2.45, 2.75) is 0 Å². The molecular formula is C6H6O3PZn. The van der Waals surface area contributed by atoms with Crippen molar-refractivity contribution in [3.05, 3.63) is 30.3 Å². The molecule has 0 aliphatic carbocycles. The Kier molecular flexibility index (Phi) is 6.68. The summed E-state index contributed by atoms with van der Waals surface area (Å²) in [6.45, 7) is 0. The fourth-order valence-electron chi connectivity index (χ4n) is 0.478. The molecule has 55 valence electrons. The van der Waals surface area contributed by atoms with E-state index in [9.17, 15) is 0 Å². The zero-order valence-corrected chi connectivity index (χ0v) is 9.79. The van der Waals surface area contributed by atoms with Crippen molar-refractivity contribution >= 4 is 12.4 Å². The third-order valence-corrected chi connectivity index (χ3v) is 1.83. The van der Waals surface area contributed by atoms with Gasteiger partial charge in [0, 0.05) is 0 Å². The van der Waals surface area contributed by atoms with Gasteiger partial charge in [-0.25, -0.2) is 0 Å². The zero-order chi connectivity index (χ0) is 8.69.